The van der Waals surface area contributed by atoms with Crippen molar-refractivity contribution in [3.05, 3.63) is 26.2 Å². The number of hydrogen-bond donors (Lipinski definition) is 0. The van der Waals surface area contributed by atoms with Crippen LogP contribution in [-0.4, -0.2) is 6.61 Å². The van der Waals surface area contributed by atoms with E-state index in [1.54, 1.807) is 0 Å². The van der Waals surface area contributed by atoms with Gasteiger partial charge in [-0.2, -0.15) is 0 Å². The Hall–Kier alpha value is 0.180. The van der Waals surface area contributed by atoms with Gasteiger partial charge < -0.3 is 4.74 Å². The van der Waals surface area contributed by atoms with Crippen molar-refractivity contribution in [2.45, 2.75) is 26.2 Å². The van der Waals surface area contributed by atoms with Crippen LogP contribution in [0.3, 0.4) is 0 Å². The summed E-state index contributed by atoms with van der Waals surface area (Å²) in [6, 6.07) is 1.53. The molecule has 0 aliphatic carbocycles. The molecule has 0 saturated carbocycles. The lowest BCUT2D eigenvalue weighted by molar-refractivity contribution is 0.306. The minimum Gasteiger partial charge on any atom is -0.490 e. The summed E-state index contributed by atoms with van der Waals surface area (Å²) in [7, 11) is 0. The van der Waals surface area contributed by atoms with Gasteiger partial charge in [-0.1, -0.05) is 66.2 Å². The van der Waals surface area contributed by atoms with E-state index in [1.165, 1.54) is 6.07 Å². The summed E-state index contributed by atoms with van der Waals surface area (Å²) in [5.74, 6) is 0.411. The molecule has 1 nitrogen and oxygen atoms in total. The molecule has 0 fully saturated rings. The highest BCUT2D eigenvalue weighted by molar-refractivity contribution is 6.50. The second-order valence-electron chi connectivity index (χ2n) is 3.35. The third-order valence-corrected chi connectivity index (χ3v) is 3.59. The first kappa shape index (κ1) is 14.2. The van der Waals surface area contributed by atoms with Crippen molar-refractivity contribution in [3.63, 3.8) is 0 Å². The lowest BCUT2D eigenvalue weighted by Gasteiger charge is -2.11. The van der Waals surface area contributed by atoms with Gasteiger partial charge in [-0.15, -0.1) is 0 Å². The van der Waals surface area contributed by atoms with E-state index < -0.39 is 0 Å². The fourth-order valence-corrected chi connectivity index (χ4v) is 2.22. The molecule has 0 spiro atoms. The summed E-state index contributed by atoms with van der Waals surface area (Å²) in [5.41, 5.74) is 0. The van der Waals surface area contributed by atoms with Crippen LogP contribution in [0.15, 0.2) is 6.07 Å². The van der Waals surface area contributed by atoms with Gasteiger partial charge in [-0.3, -0.25) is 0 Å². The van der Waals surface area contributed by atoms with E-state index in [-0.39, 0.29) is 10.0 Å². The number of benzene rings is 1. The molecule has 0 aliphatic rings. The van der Waals surface area contributed by atoms with Gasteiger partial charge in [0, 0.05) is 0 Å². The molecule has 1 aromatic rings. The Morgan fingerprint density at radius 3 is 2.31 bits per heavy atom. The predicted octanol–water partition coefficient (Wildman–Crippen LogP) is 5.87. The summed E-state index contributed by atoms with van der Waals surface area (Å²) in [6.07, 6.45) is 3.20. The van der Waals surface area contributed by atoms with Crippen molar-refractivity contribution in [2.75, 3.05) is 6.61 Å². The van der Waals surface area contributed by atoms with Crippen LogP contribution in [0.1, 0.15) is 26.2 Å². The highest BCUT2D eigenvalue weighted by Gasteiger charge is 2.14. The van der Waals surface area contributed by atoms with Gasteiger partial charge in [-0.25, -0.2) is 0 Å². The minimum absolute atomic E-state index is 0.274. The maximum absolute atomic E-state index is 5.99. The predicted molar refractivity (Wildman–Crippen MR) is 71.5 cm³/mol. The average molecular weight is 302 g/mol. The first-order valence-corrected chi connectivity index (χ1v) is 6.55. The topological polar surface area (TPSA) is 9.23 Å². The maximum Gasteiger partial charge on any atom is 0.158 e. The van der Waals surface area contributed by atoms with Crippen LogP contribution in [0.25, 0.3) is 0 Å². The zero-order valence-electron chi connectivity index (χ0n) is 8.83. The van der Waals surface area contributed by atoms with Crippen LogP contribution in [0.4, 0.5) is 0 Å². The van der Waals surface area contributed by atoms with Crippen molar-refractivity contribution >= 4 is 46.4 Å². The molecule has 0 aliphatic heterocycles. The Morgan fingerprint density at radius 2 is 1.69 bits per heavy atom. The molecule has 0 heterocycles. The average Bonchev–Trinajstić information content (AvgIpc) is 2.25. The summed E-state index contributed by atoms with van der Waals surface area (Å²) in [6.45, 7) is 2.70. The largest absolute Gasteiger partial charge is 0.490 e. The monoisotopic (exact) mass is 300 g/mol. The summed E-state index contributed by atoms with van der Waals surface area (Å²) in [4.78, 5) is 0. The van der Waals surface area contributed by atoms with Crippen LogP contribution >= 0.6 is 46.4 Å². The van der Waals surface area contributed by atoms with Gasteiger partial charge >= 0.3 is 0 Å². The van der Waals surface area contributed by atoms with E-state index in [0.29, 0.717) is 22.4 Å². The van der Waals surface area contributed by atoms with Gasteiger partial charge in [0.15, 0.2) is 5.75 Å². The second-order valence-corrected chi connectivity index (χ2v) is 4.92. The van der Waals surface area contributed by atoms with Gasteiger partial charge in [0.25, 0.3) is 0 Å². The Bertz CT molecular complexity index is 365. The highest BCUT2D eigenvalue weighted by atomic mass is 35.5. The zero-order chi connectivity index (χ0) is 12.1. The van der Waals surface area contributed by atoms with Crippen molar-refractivity contribution in [2.24, 2.45) is 0 Å². The molecule has 0 aromatic heterocycles. The van der Waals surface area contributed by atoms with E-state index in [0.717, 1.165) is 19.3 Å². The normalized spacial score (nSPS) is 10.6. The first-order valence-electron chi connectivity index (χ1n) is 5.03. The molecule has 90 valence electrons. The molecule has 16 heavy (non-hydrogen) atoms. The van der Waals surface area contributed by atoms with Crippen molar-refractivity contribution < 1.29 is 4.74 Å². The lowest BCUT2D eigenvalue weighted by Crippen LogP contribution is -1.98. The molecule has 1 aromatic carbocycles. The standard InChI is InChI=1S/C11H12Cl4O/c1-2-3-4-5-16-11-8(13)6-7(12)9(14)10(11)15/h6H,2-5H2,1H3. The zero-order valence-corrected chi connectivity index (χ0v) is 11.8. The molecular formula is C11H12Cl4O. The van der Waals surface area contributed by atoms with E-state index in [9.17, 15) is 0 Å². The fraction of sp³-hybridized carbons (Fsp3) is 0.455. The molecule has 0 bridgehead atoms. The van der Waals surface area contributed by atoms with Gasteiger partial charge in [0.2, 0.25) is 0 Å². The molecule has 0 amide bonds. The van der Waals surface area contributed by atoms with Crippen molar-refractivity contribution in [1.29, 1.82) is 0 Å². The van der Waals surface area contributed by atoms with Crippen LogP contribution in [-0.2, 0) is 0 Å². The first-order chi connectivity index (χ1) is 7.57. The molecule has 0 unspecified atom stereocenters. The van der Waals surface area contributed by atoms with Crippen molar-refractivity contribution in [1.82, 2.24) is 0 Å². The van der Waals surface area contributed by atoms with E-state index >= 15 is 0 Å². The second kappa shape index (κ2) is 6.80. The minimum atomic E-state index is 0.274. The summed E-state index contributed by atoms with van der Waals surface area (Å²) in [5, 5.41) is 1.27. The third-order valence-electron chi connectivity index (χ3n) is 2.07. The molecule has 1 rings (SSSR count). The van der Waals surface area contributed by atoms with E-state index in [1.807, 2.05) is 0 Å². The molecule has 0 N–H and O–H groups in total. The summed E-state index contributed by atoms with van der Waals surface area (Å²) < 4.78 is 5.50. The number of hydrogen-bond acceptors (Lipinski definition) is 1. The number of unbranched alkanes of at least 4 members (excludes halogenated alkanes) is 2. The lowest BCUT2D eigenvalue weighted by atomic mass is 10.3. The Morgan fingerprint density at radius 1 is 1.00 bits per heavy atom. The van der Waals surface area contributed by atoms with Crippen LogP contribution < -0.4 is 4.74 Å². The number of ether oxygens (including phenoxy) is 1. The third kappa shape index (κ3) is 3.59. The number of rotatable bonds is 5. The van der Waals surface area contributed by atoms with Crippen LogP contribution in [0, 0.1) is 0 Å². The smallest absolute Gasteiger partial charge is 0.158 e. The van der Waals surface area contributed by atoms with Crippen LogP contribution in [0.5, 0.6) is 5.75 Å². The van der Waals surface area contributed by atoms with Crippen LogP contribution in [0.2, 0.25) is 20.1 Å². The SMILES string of the molecule is CCCCCOc1c(Cl)cc(Cl)c(Cl)c1Cl. The maximum atomic E-state index is 5.99. The molecule has 5 heteroatoms. The van der Waals surface area contributed by atoms with Gasteiger partial charge in [-0.05, 0) is 12.5 Å². The van der Waals surface area contributed by atoms with Crippen molar-refractivity contribution in [3.8, 4) is 5.75 Å². The Labute approximate surface area is 116 Å². The summed E-state index contributed by atoms with van der Waals surface area (Å²) >= 11 is 23.7. The quantitative estimate of drug-likeness (QED) is 0.375. The molecule has 0 atom stereocenters. The Kier molecular flexibility index (Phi) is 6.06. The highest BCUT2D eigenvalue weighted by Crippen LogP contribution is 2.42. The number of halogens is 4. The molecular weight excluding hydrogens is 290 g/mol. The van der Waals surface area contributed by atoms with E-state index in [4.69, 9.17) is 51.1 Å². The van der Waals surface area contributed by atoms with Gasteiger partial charge in [0.1, 0.15) is 5.02 Å². The Balaban J connectivity index is 2.76. The molecule has 0 radical (unpaired) electrons. The fourth-order valence-electron chi connectivity index (χ4n) is 1.21. The van der Waals surface area contributed by atoms with E-state index in [2.05, 4.69) is 6.92 Å². The molecule has 0 saturated heterocycles. The van der Waals surface area contributed by atoms with Gasteiger partial charge in [0.05, 0.1) is 21.7 Å².